The maximum absolute atomic E-state index is 6.21. The van der Waals surface area contributed by atoms with Gasteiger partial charge in [0.25, 0.3) is 0 Å². The Morgan fingerprint density at radius 2 is 2.16 bits per heavy atom. The van der Waals surface area contributed by atoms with Gasteiger partial charge in [0.05, 0.1) is 0 Å². The lowest BCUT2D eigenvalue weighted by molar-refractivity contribution is 0.555. The van der Waals surface area contributed by atoms with Crippen molar-refractivity contribution in [3.05, 3.63) is 28.8 Å². The molecule has 2 rings (SSSR count). The summed E-state index contributed by atoms with van der Waals surface area (Å²) in [5.41, 5.74) is 8.40. The van der Waals surface area contributed by atoms with Crippen molar-refractivity contribution in [2.45, 2.75) is 51.5 Å². The van der Waals surface area contributed by atoms with E-state index in [4.69, 9.17) is 17.3 Å². The Balaban J connectivity index is 2.33. The van der Waals surface area contributed by atoms with Crippen LogP contribution < -0.4 is 10.6 Å². The summed E-state index contributed by atoms with van der Waals surface area (Å²) in [5, 5.41) is 0.829. The molecule has 0 aliphatic carbocycles. The van der Waals surface area contributed by atoms with E-state index < -0.39 is 0 Å². The molecule has 1 saturated heterocycles. The second-order valence-corrected chi connectivity index (χ2v) is 5.85. The topological polar surface area (TPSA) is 29.3 Å². The van der Waals surface area contributed by atoms with Crippen LogP contribution >= 0.6 is 11.6 Å². The summed E-state index contributed by atoms with van der Waals surface area (Å²) in [4.78, 5) is 2.57. The van der Waals surface area contributed by atoms with Gasteiger partial charge >= 0.3 is 0 Å². The van der Waals surface area contributed by atoms with Crippen LogP contribution in [0.5, 0.6) is 0 Å². The highest BCUT2D eigenvalue weighted by molar-refractivity contribution is 6.30. The van der Waals surface area contributed by atoms with Gasteiger partial charge in [-0.3, -0.25) is 0 Å². The maximum Gasteiger partial charge on any atom is 0.0426 e. The Morgan fingerprint density at radius 1 is 1.32 bits per heavy atom. The Kier molecular flexibility index (Phi) is 5.53. The number of benzene rings is 1. The van der Waals surface area contributed by atoms with Crippen molar-refractivity contribution in [2.75, 3.05) is 18.0 Å². The number of hydrogen-bond donors (Lipinski definition) is 1. The molecule has 0 radical (unpaired) electrons. The van der Waals surface area contributed by atoms with E-state index in [1.165, 1.54) is 43.4 Å². The number of nitrogens with two attached hydrogens (primary N) is 1. The van der Waals surface area contributed by atoms with Gasteiger partial charge in [0.2, 0.25) is 0 Å². The van der Waals surface area contributed by atoms with E-state index in [0.29, 0.717) is 12.6 Å². The molecule has 1 aliphatic heterocycles. The van der Waals surface area contributed by atoms with Crippen molar-refractivity contribution in [3.8, 4) is 0 Å². The van der Waals surface area contributed by atoms with Crippen LogP contribution in [-0.2, 0) is 6.42 Å². The summed E-state index contributed by atoms with van der Waals surface area (Å²) in [6, 6.07) is 6.90. The first-order valence-corrected chi connectivity index (χ1v) is 7.89. The van der Waals surface area contributed by atoms with Gasteiger partial charge in [-0.05, 0) is 49.9 Å². The molecule has 0 spiro atoms. The molecule has 0 saturated carbocycles. The molecule has 2 nitrogen and oxygen atoms in total. The van der Waals surface area contributed by atoms with Gasteiger partial charge in [-0.15, -0.1) is 0 Å². The molecular formula is C16H25ClN2. The van der Waals surface area contributed by atoms with Crippen molar-refractivity contribution >= 4 is 17.3 Å². The molecule has 0 amide bonds. The first-order chi connectivity index (χ1) is 9.26. The van der Waals surface area contributed by atoms with Crippen molar-refractivity contribution in [3.63, 3.8) is 0 Å². The zero-order chi connectivity index (χ0) is 13.7. The summed E-state index contributed by atoms with van der Waals surface area (Å²) in [7, 11) is 0. The lowest BCUT2D eigenvalue weighted by Crippen LogP contribution is -2.35. The lowest BCUT2D eigenvalue weighted by Gasteiger charge is -2.33. The minimum absolute atomic E-state index is 0.650. The van der Waals surface area contributed by atoms with E-state index in [9.17, 15) is 0 Å². The van der Waals surface area contributed by atoms with Crippen LogP contribution in [-0.4, -0.2) is 19.1 Å². The smallest absolute Gasteiger partial charge is 0.0426 e. The number of rotatable bonds is 4. The van der Waals surface area contributed by atoms with Gasteiger partial charge in [0.1, 0.15) is 0 Å². The van der Waals surface area contributed by atoms with E-state index in [2.05, 4.69) is 24.0 Å². The molecule has 2 N–H and O–H groups in total. The van der Waals surface area contributed by atoms with Gasteiger partial charge in [0.15, 0.2) is 0 Å². The van der Waals surface area contributed by atoms with Gasteiger partial charge < -0.3 is 10.6 Å². The molecule has 0 bridgehead atoms. The molecule has 1 aromatic carbocycles. The second-order valence-electron chi connectivity index (χ2n) is 5.42. The molecule has 1 aliphatic rings. The van der Waals surface area contributed by atoms with Crippen LogP contribution in [0.1, 0.15) is 44.6 Å². The first-order valence-electron chi connectivity index (χ1n) is 7.51. The van der Waals surface area contributed by atoms with Gasteiger partial charge in [-0.1, -0.05) is 37.4 Å². The molecule has 1 unspecified atom stereocenters. The van der Waals surface area contributed by atoms with Gasteiger partial charge in [0, 0.05) is 23.3 Å². The fraction of sp³-hybridized carbons (Fsp3) is 0.625. The zero-order valence-electron chi connectivity index (χ0n) is 11.9. The third kappa shape index (κ3) is 3.64. The second kappa shape index (κ2) is 7.16. The Labute approximate surface area is 121 Å². The fourth-order valence-corrected chi connectivity index (χ4v) is 3.26. The maximum atomic E-state index is 6.21. The summed E-state index contributed by atoms with van der Waals surface area (Å²) < 4.78 is 0. The van der Waals surface area contributed by atoms with E-state index in [-0.39, 0.29) is 0 Å². The summed E-state index contributed by atoms with van der Waals surface area (Å²) in [5.74, 6) is 0. The Hall–Kier alpha value is -0.730. The molecular weight excluding hydrogens is 256 g/mol. The van der Waals surface area contributed by atoms with Crippen molar-refractivity contribution in [2.24, 2.45) is 5.73 Å². The largest absolute Gasteiger partial charge is 0.368 e. The lowest BCUT2D eigenvalue weighted by atomic mass is 10.0. The number of nitrogens with zero attached hydrogens (tertiary/aromatic N) is 1. The summed E-state index contributed by atoms with van der Waals surface area (Å²) in [6.45, 7) is 4.13. The van der Waals surface area contributed by atoms with Crippen molar-refractivity contribution in [1.29, 1.82) is 0 Å². The SMILES string of the molecule is CCC1CCCCCN1c1cc(Cl)ccc1CCN. The van der Waals surface area contributed by atoms with Crippen LogP contribution in [0.25, 0.3) is 0 Å². The highest BCUT2D eigenvalue weighted by Gasteiger charge is 2.21. The molecule has 3 heteroatoms. The molecule has 0 aromatic heterocycles. The molecule has 1 aromatic rings. The van der Waals surface area contributed by atoms with Crippen molar-refractivity contribution in [1.82, 2.24) is 0 Å². The van der Waals surface area contributed by atoms with Crippen LogP contribution in [0, 0.1) is 0 Å². The average molecular weight is 281 g/mol. The third-order valence-electron chi connectivity index (χ3n) is 4.12. The highest BCUT2D eigenvalue weighted by atomic mass is 35.5. The third-order valence-corrected chi connectivity index (χ3v) is 4.35. The molecule has 19 heavy (non-hydrogen) atoms. The monoisotopic (exact) mass is 280 g/mol. The normalized spacial score (nSPS) is 20.4. The Bertz CT molecular complexity index is 406. The minimum Gasteiger partial charge on any atom is -0.368 e. The van der Waals surface area contributed by atoms with Gasteiger partial charge in [-0.2, -0.15) is 0 Å². The quantitative estimate of drug-likeness (QED) is 0.903. The van der Waals surface area contributed by atoms with E-state index in [1.807, 2.05) is 6.07 Å². The minimum atomic E-state index is 0.650. The molecule has 106 valence electrons. The molecule has 1 heterocycles. The predicted molar refractivity (Wildman–Crippen MR) is 84.1 cm³/mol. The highest BCUT2D eigenvalue weighted by Crippen LogP contribution is 2.31. The average Bonchev–Trinajstić information content (AvgIpc) is 2.66. The first kappa shape index (κ1) is 14.7. The number of anilines is 1. The van der Waals surface area contributed by atoms with Crippen molar-refractivity contribution < 1.29 is 0 Å². The molecule has 1 atom stereocenters. The van der Waals surface area contributed by atoms with Crippen LogP contribution in [0.4, 0.5) is 5.69 Å². The van der Waals surface area contributed by atoms with E-state index in [0.717, 1.165) is 18.0 Å². The van der Waals surface area contributed by atoms with E-state index in [1.54, 1.807) is 0 Å². The van der Waals surface area contributed by atoms with Crippen LogP contribution in [0.3, 0.4) is 0 Å². The van der Waals surface area contributed by atoms with E-state index >= 15 is 0 Å². The molecule has 1 fully saturated rings. The fourth-order valence-electron chi connectivity index (χ4n) is 3.09. The standard InChI is InChI=1S/C16H25ClN2/c1-2-15-6-4-3-5-11-19(15)16-12-14(17)8-7-13(16)9-10-18/h7-8,12,15H,2-6,9-11,18H2,1H3. The number of hydrogen-bond acceptors (Lipinski definition) is 2. The predicted octanol–water partition coefficient (Wildman–Crippen LogP) is 4.00. The van der Waals surface area contributed by atoms with Crippen LogP contribution in [0.2, 0.25) is 5.02 Å². The Morgan fingerprint density at radius 3 is 2.89 bits per heavy atom. The van der Waals surface area contributed by atoms with Crippen LogP contribution in [0.15, 0.2) is 18.2 Å². The zero-order valence-corrected chi connectivity index (χ0v) is 12.6. The number of halogens is 1. The van der Waals surface area contributed by atoms with Gasteiger partial charge in [-0.25, -0.2) is 0 Å². The summed E-state index contributed by atoms with van der Waals surface area (Å²) in [6.07, 6.45) is 7.41. The summed E-state index contributed by atoms with van der Waals surface area (Å²) >= 11 is 6.21.